The molecule has 10 nitrogen and oxygen atoms in total. The van der Waals surface area contributed by atoms with Crippen molar-refractivity contribution in [3.05, 3.63) is 30.1 Å². The maximum atomic E-state index is 12.8. The molecule has 1 amide bonds. The Morgan fingerprint density at radius 1 is 1.31 bits per heavy atom. The van der Waals surface area contributed by atoms with E-state index in [-0.39, 0.29) is 16.7 Å². The van der Waals surface area contributed by atoms with Crippen LogP contribution in [0.1, 0.15) is 26.5 Å². The maximum absolute atomic E-state index is 12.8. The van der Waals surface area contributed by atoms with E-state index in [4.69, 9.17) is 4.52 Å². The van der Waals surface area contributed by atoms with Gasteiger partial charge in [0.05, 0.1) is 15.8 Å². The van der Waals surface area contributed by atoms with Gasteiger partial charge in [-0.25, -0.2) is 8.42 Å². The summed E-state index contributed by atoms with van der Waals surface area (Å²) in [5.41, 5.74) is 1.15. The number of rotatable bonds is 8. The van der Waals surface area contributed by atoms with E-state index in [1.165, 1.54) is 16.6 Å². The van der Waals surface area contributed by atoms with Crippen LogP contribution in [0.15, 0.2) is 39.0 Å². The second kappa shape index (κ2) is 8.51. The molecular weight excluding hydrogens is 416 g/mol. The second-order valence-electron chi connectivity index (χ2n) is 6.25. The van der Waals surface area contributed by atoms with E-state index in [0.717, 1.165) is 11.8 Å². The highest BCUT2D eigenvalue weighted by molar-refractivity contribution is 8.00. The number of pyridine rings is 1. The summed E-state index contributed by atoms with van der Waals surface area (Å²) < 4.78 is 33.5. The van der Waals surface area contributed by atoms with Gasteiger partial charge in [0, 0.05) is 25.4 Å². The Bertz CT molecular complexity index is 1120. The number of carbonyl (C=O) groups is 1. The number of hydrogen-bond acceptors (Lipinski definition) is 8. The predicted octanol–water partition coefficient (Wildman–Crippen LogP) is 2.18. The Morgan fingerprint density at radius 3 is 2.66 bits per heavy atom. The van der Waals surface area contributed by atoms with Crippen molar-refractivity contribution in [2.45, 2.75) is 43.0 Å². The molecule has 0 saturated carbocycles. The molecule has 1 atom stereocenters. The first-order valence-electron chi connectivity index (χ1n) is 9.02. The summed E-state index contributed by atoms with van der Waals surface area (Å²) in [5, 5.41) is 14.4. The number of anilines is 1. The van der Waals surface area contributed by atoms with E-state index < -0.39 is 15.3 Å². The van der Waals surface area contributed by atoms with Gasteiger partial charge in [0.2, 0.25) is 21.8 Å². The summed E-state index contributed by atoms with van der Waals surface area (Å²) in [5.74, 6) is -0.0338. The third-order valence-corrected chi connectivity index (χ3v) is 7.30. The Hall–Kier alpha value is -2.44. The van der Waals surface area contributed by atoms with E-state index in [1.54, 1.807) is 44.2 Å². The molecule has 1 N–H and O–H groups in total. The molecular formula is C17H22N6O4S2. The van der Waals surface area contributed by atoms with Crippen LogP contribution >= 0.6 is 11.8 Å². The van der Waals surface area contributed by atoms with E-state index in [0.29, 0.717) is 29.6 Å². The van der Waals surface area contributed by atoms with Gasteiger partial charge in [-0.05, 0) is 26.0 Å². The molecule has 156 valence electrons. The van der Waals surface area contributed by atoms with Gasteiger partial charge < -0.3 is 4.52 Å². The van der Waals surface area contributed by atoms with Crippen molar-refractivity contribution in [2.24, 2.45) is 0 Å². The number of aryl methyl sites for hydroxylation is 1. The fourth-order valence-electron chi connectivity index (χ4n) is 2.65. The third-order valence-electron chi connectivity index (χ3n) is 4.21. The first kappa shape index (κ1) is 21.3. The first-order chi connectivity index (χ1) is 13.8. The molecule has 12 heteroatoms. The number of amides is 1. The van der Waals surface area contributed by atoms with Crippen molar-refractivity contribution in [1.82, 2.24) is 24.1 Å². The Kier molecular flexibility index (Phi) is 6.24. The normalized spacial score (nSPS) is 13.1. The van der Waals surface area contributed by atoms with Gasteiger partial charge in [0.15, 0.2) is 10.8 Å². The van der Waals surface area contributed by atoms with Crippen LogP contribution in [0, 0.1) is 6.92 Å². The zero-order valence-electron chi connectivity index (χ0n) is 16.5. The fourth-order valence-corrected chi connectivity index (χ4v) is 4.94. The molecule has 29 heavy (non-hydrogen) atoms. The van der Waals surface area contributed by atoms with Crippen LogP contribution < -0.4 is 5.32 Å². The van der Waals surface area contributed by atoms with Crippen molar-refractivity contribution in [1.29, 1.82) is 0 Å². The largest absolute Gasteiger partial charge is 0.338 e. The number of sulfonamides is 1. The predicted molar refractivity (Wildman–Crippen MR) is 108 cm³/mol. The molecule has 0 aromatic carbocycles. The molecule has 3 aromatic heterocycles. The van der Waals surface area contributed by atoms with Gasteiger partial charge in [-0.15, -0.1) is 10.2 Å². The number of aromatic nitrogens is 4. The number of thioether (sulfide) groups is 1. The number of carbonyl (C=O) groups excluding carboxylic acids is 1. The van der Waals surface area contributed by atoms with Crippen LogP contribution in [-0.2, 0) is 14.8 Å². The molecule has 3 aromatic rings. The Labute approximate surface area is 172 Å². The average molecular weight is 439 g/mol. The molecule has 0 aliphatic carbocycles. The minimum Gasteiger partial charge on any atom is -0.338 e. The molecule has 0 unspecified atom stereocenters. The SMILES string of the molecule is CCN(CC)S(=O)(=O)c1ccc2nnc(S[C@H](C)C(=O)Nc3cc(C)no3)n2c1. The van der Waals surface area contributed by atoms with Crippen LogP contribution in [0.5, 0.6) is 0 Å². The summed E-state index contributed by atoms with van der Waals surface area (Å²) >= 11 is 1.16. The molecule has 0 saturated heterocycles. The van der Waals surface area contributed by atoms with Crippen molar-refractivity contribution < 1.29 is 17.7 Å². The summed E-state index contributed by atoms with van der Waals surface area (Å²) in [6, 6.07) is 4.72. The lowest BCUT2D eigenvalue weighted by molar-refractivity contribution is -0.115. The molecule has 3 rings (SSSR count). The van der Waals surface area contributed by atoms with Crippen LogP contribution in [0.4, 0.5) is 5.88 Å². The summed E-state index contributed by atoms with van der Waals surface area (Å²) in [4.78, 5) is 12.5. The van der Waals surface area contributed by atoms with Crippen LogP contribution in [0.25, 0.3) is 5.65 Å². The smallest absolute Gasteiger partial charge is 0.244 e. The number of fused-ring (bicyclic) bond motifs is 1. The highest BCUT2D eigenvalue weighted by atomic mass is 32.2. The summed E-state index contributed by atoms with van der Waals surface area (Å²) in [6.45, 7) is 7.79. The van der Waals surface area contributed by atoms with E-state index in [2.05, 4.69) is 20.7 Å². The monoisotopic (exact) mass is 438 g/mol. The molecule has 0 fully saturated rings. The van der Waals surface area contributed by atoms with Crippen LogP contribution in [0.3, 0.4) is 0 Å². The lowest BCUT2D eigenvalue weighted by Gasteiger charge is -2.18. The van der Waals surface area contributed by atoms with E-state index >= 15 is 0 Å². The zero-order chi connectivity index (χ0) is 21.2. The maximum Gasteiger partial charge on any atom is 0.244 e. The Morgan fingerprint density at radius 2 is 2.03 bits per heavy atom. The second-order valence-corrected chi connectivity index (χ2v) is 9.49. The summed E-state index contributed by atoms with van der Waals surface area (Å²) in [6.07, 6.45) is 1.48. The molecule has 0 radical (unpaired) electrons. The van der Waals surface area contributed by atoms with E-state index in [9.17, 15) is 13.2 Å². The van der Waals surface area contributed by atoms with Crippen LogP contribution in [-0.4, -0.2) is 56.7 Å². The zero-order valence-corrected chi connectivity index (χ0v) is 18.1. The van der Waals surface area contributed by atoms with Crippen molar-refractivity contribution in [3.63, 3.8) is 0 Å². The third kappa shape index (κ3) is 4.43. The fraction of sp³-hybridized carbons (Fsp3) is 0.412. The van der Waals surface area contributed by atoms with Crippen LogP contribution in [0.2, 0.25) is 0 Å². The van der Waals surface area contributed by atoms with Gasteiger partial charge in [0.25, 0.3) is 0 Å². The standard InChI is InChI=1S/C17H22N6O4S2/c1-5-22(6-2)29(25,26)13-7-8-14-19-20-17(23(14)10-13)28-12(4)16(24)18-15-9-11(3)21-27-15/h7-10,12H,5-6H2,1-4H3,(H,18,24)/t12-/m1/s1. The van der Waals surface area contributed by atoms with Crippen molar-refractivity contribution in [2.75, 3.05) is 18.4 Å². The topological polar surface area (TPSA) is 123 Å². The van der Waals surface area contributed by atoms with Gasteiger partial charge in [-0.1, -0.05) is 30.8 Å². The molecule has 0 aliphatic rings. The Balaban J connectivity index is 1.83. The van der Waals surface area contributed by atoms with Crippen molar-refractivity contribution in [3.8, 4) is 0 Å². The average Bonchev–Trinajstić information content (AvgIpc) is 3.28. The molecule has 0 spiro atoms. The molecule has 0 aliphatic heterocycles. The van der Waals surface area contributed by atoms with Gasteiger partial charge in [0.1, 0.15) is 0 Å². The lowest BCUT2D eigenvalue weighted by Crippen LogP contribution is -2.30. The minimum atomic E-state index is -3.62. The number of hydrogen-bond donors (Lipinski definition) is 1. The minimum absolute atomic E-state index is 0.143. The number of nitrogens with zero attached hydrogens (tertiary/aromatic N) is 5. The molecule has 0 bridgehead atoms. The first-order valence-corrected chi connectivity index (χ1v) is 11.3. The quantitative estimate of drug-likeness (QED) is 0.531. The van der Waals surface area contributed by atoms with Gasteiger partial charge >= 0.3 is 0 Å². The summed E-state index contributed by atoms with van der Waals surface area (Å²) in [7, 11) is -3.62. The highest BCUT2D eigenvalue weighted by Crippen LogP contribution is 2.25. The van der Waals surface area contributed by atoms with E-state index in [1.807, 2.05) is 0 Å². The molecule has 3 heterocycles. The highest BCUT2D eigenvalue weighted by Gasteiger charge is 2.24. The van der Waals surface area contributed by atoms with Gasteiger partial charge in [-0.3, -0.25) is 14.5 Å². The number of nitrogens with one attached hydrogen (secondary N) is 1. The van der Waals surface area contributed by atoms with Gasteiger partial charge in [-0.2, -0.15) is 4.31 Å². The lowest BCUT2D eigenvalue weighted by atomic mass is 10.4. The van der Waals surface area contributed by atoms with Crippen molar-refractivity contribution >= 4 is 39.2 Å².